The van der Waals surface area contributed by atoms with Crippen molar-refractivity contribution in [1.29, 1.82) is 0 Å². The first-order valence-electron chi connectivity index (χ1n) is 16.5. The fourth-order valence-electron chi connectivity index (χ4n) is 6.63. The van der Waals surface area contributed by atoms with Crippen molar-refractivity contribution in [2.45, 2.75) is 122 Å². The van der Waals surface area contributed by atoms with E-state index in [0.29, 0.717) is 10.8 Å². The van der Waals surface area contributed by atoms with Crippen LogP contribution in [0.4, 0.5) is 0 Å². The van der Waals surface area contributed by atoms with Gasteiger partial charge in [0.2, 0.25) is 0 Å². The van der Waals surface area contributed by atoms with Crippen molar-refractivity contribution in [3.05, 3.63) is 116 Å². The van der Waals surface area contributed by atoms with Crippen LogP contribution in [0.2, 0.25) is 0 Å². The van der Waals surface area contributed by atoms with Crippen molar-refractivity contribution < 1.29 is 0 Å². The monoisotopic (exact) mass is 598 g/mol. The van der Waals surface area contributed by atoms with Crippen molar-refractivity contribution in [3.63, 3.8) is 0 Å². The molecule has 43 heavy (non-hydrogen) atoms. The standard InChI is InChI=1S/C42H62S/c1-31(17-19-39-37(7)15-13-23-41(39,9)10)27-35(5)29-33(3)21-25-43-26-22-34(4)30-36(6)28-32(2)18-20-40-38(8)16-14-24-42(40,11)12/h17-22,27-30H,13-16,23-26H2,1-12H3/b19-17+,20-18+,31-27+,32-28+,33-21+,34-22+,35-29+,36-30+. The molecule has 0 amide bonds. The summed E-state index contributed by atoms with van der Waals surface area (Å²) in [7, 11) is 0. The van der Waals surface area contributed by atoms with E-state index in [-0.39, 0.29) is 0 Å². The third-order valence-corrected chi connectivity index (χ3v) is 9.78. The minimum Gasteiger partial charge on any atom is -0.154 e. The fourth-order valence-corrected chi connectivity index (χ4v) is 7.53. The molecule has 0 saturated heterocycles. The molecule has 0 fully saturated rings. The molecule has 0 aromatic carbocycles. The van der Waals surface area contributed by atoms with Gasteiger partial charge >= 0.3 is 0 Å². The first-order valence-corrected chi connectivity index (χ1v) is 17.7. The summed E-state index contributed by atoms with van der Waals surface area (Å²) < 4.78 is 0. The van der Waals surface area contributed by atoms with E-state index in [1.165, 1.54) is 83.1 Å². The lowest BCUT2D eigenvalue weighted by atomic mass is 9.72. The summed E-state index contributed by atoms with van der Waals surface area (Å²) in [5.74, 6) is 2.06. The molecule has 2 rings (SSSR count). The van der Waals surface area contributed by atoms with E-state index in [4.69, 9.17) is 0 Å². The van der Waals surface area contributed by atoms with E-state index in [1.807, 2.05) is 11.8 Å². The van der Waals surface area contributed by atoms with Gasteiger partial charge in [0.1, 0.15) is 0 Å². The van der Waals surface area contributed by atoms with Crippen molar-refractivity contribution in [3.8, 4) is 0 Å². The van der Waals surface area contributed by atoms with Crippen molar-refractivity contribution in [2.24, 2.45) is 10.8 Å². The molecule has 1 heteroatoms. The predicted molar refractivity (Wildman–Crippen MR) is 199 cm³/mol. The van der Waals surface area contributed by atoms with Crippen LogP contribution >= 0.6 is 11.8 Å². The van der Waals surface area contributed by atoms with E-state index in [0.717, 1.165) is 11.5 Å². The zero-order valence-electron chi connectivity index (χ0n) is 29.8. The lowest BCUT2D eigenvalue weighted by Crippen LogP contribution is -2.19. The summed E-state index contributed by atoms with van der Waals surface area (Å²) in [6.07, 6.45) is 30.9. The van der Waals surface area contributed by atoms with Crippen LogP contribution in [-0.2, 0) is 0 Å². The molecule has 236 valence electrons. The van der Waals surface area contributed by atoms with E-state index in [2.05, 4.69) is 144 Å². The summed E-state index contributed by atoms with van der Waals surface area (Å²) in [6, 6.07) is 0. The minimum atomic E-state index is 0.292. The lowest BCUT2D eigenvalue weighted by molar-refractivity contribution is 0.376. The third-order valence-electron chi connectivity index (χ3n) is 8.98. The second-order valence-corrected chi connectivity index (χ2v) is 15.6. The molecule has 2 aliphatic rings. The molecule has 0 aromatic rings. The van der Waals surface area contributed by atoms with Gasteiger partial charge in [0.25, 0.3) is 0 Å². The summed E-state index contributed by atoms with van der Waals surface area (Å²) >= 11 is 1.96. The molecule has 0 saturated carbocycles. The highest BCUT2D eigenvalue weighted by Gasteiger charge is 2.27. The highest BCUT2D eigenvalue weighted by Crippen LogP contribution is 2.41. The molecule has 0 heterocycles. The zero-order valence-corrected chi connectivity index (χ0v) is 30.7. The smallest absolute Gasteiger partial charge is 0.0122 e. The second-order valence-electron chi connectivity index (χ2n) is 14.5. The van der Waals surface area contributed by atoms with Gasteiger partial charge in [-0.3, -0.25) is 0 Å². The maximum atomic E-state index is 2.39. The Bertz CT molecular complexity index is 1180. The van der Waals surface area contributed by atoms with Gasteiger partial charge in [0.05, 0.1) is 0 Å². The maximum Gasteiger partial charge on any atom is 0.0122 e. The largest absolute Gasteiger partial charge is 0.154 e. The van der Waals surface area contributed by atoms with E-state index >= 15 is 0 Å². The predicted octanol–water partition coefficient (Wildman–Crippen LogP) is 13.6. The summed E-state index contributed by atoms with van der Waals surface area (Å²) in [4.78, 5) is 0. The average Bonchev–Trinajstić information content (AvgIpc) is 2.86. The molecule has 0 N–H and O–H groups in total. The molecule has 0 aromatic heterocycles. The molecule has 2 aliphatic carbocycles. The quantitative estimate of drug-likeness (QED) is 0.159. The minimum absolute atomic E-state index is 0.292. The van der Waals surface area contributed by atoms with Crippen LogP contribution in [0.3, 0.4) is 0 Å². The molecular formula is C42H62S. The van der Waals surface area contributed by atoms with Gasteiger partial charge in [-0.2, -0.15) is 11.8 Å². The Labute approximate surface area is 271 Å². The number of allylic oxidation sites excluding steroid dienone is 18. The van der Waals surface area contributed by atoms with Gasteiger partial charge in [-0.05, 0) is 116 Å². The molecule has 0 spiro atoms. The van der Waals surface area contributed by atoms with Crippen molar-refractivity contribution >= 4 is 11.8 Å². The Kier molecular flexibility index (Phi) is 14.9. The van der Waals surface area contributed by atoms with Gasteiger partial charge in [0, 0.05) is 11.5 Å². The van der Waals surface area contributed by atoms with Gasteiger partial charge in [-0.25, -0.2) is 0 Å². The number of rotatable bonds is 12. The number of hydrogen-bond acceptors (Lipinski definition) is 1. The highest BCUT2D eigenvalue weighted by atomic mass is 32.2. The van der Waals surface area contributed by atoms with E-state index in [1.54, 1.807) is 11.1 Å². The van der Waals surface area contributed by atoms with Crippen LogP contribution in [-0.4, -0.2) is 11.5 Å². The molecule has 0 atom stereocenters. The van der Waals surface area contributed by atoms with Crippen LogP contribution in [0.25, 0.3) is 0 Å². The Morgan fingerprint density at radius 2 is 0.907 bits per heavy atom. The van der Waals surface area contributed by atoms with Gasteiger partial charge in [-0.15, -0.1) is 0 Å². The van der Waals surface area contributed by atoms with Crippen LogP contribution in [0, 0.1) is 10.8 Å². The SMILES string of the molecule is CC1=C(/C=C/C(C)=C/C(C)=C/C(C)=C/CSC/C=C(C)/C=C(C)/C=C(C)/C=C/C2=C(C)CCCC2(C)C)C(C)(C)CCC1. The Hall–Kier alpha value is -2.25. The van der Waals surface area contributed by atoms with Crippen LogP contribution in [0.15, 0.2) is 116 Å². The Morgan fingerprint density at radius 3 is 1.26 bits per heavy atom. The normalized spacial score (nSPS) is 21.6. The summed E-state index contributed by atoms with van der Waals surface area (Å²) in [5, 5.41) is 0. The molecule has 0 nitrogen and oxygen atoms in total. The van der Waals surface area contributed by atoms with Crippen molar-refractivity contribution in [1.82, 2.24) is 0 Å². The van der Waals surface area contributed by atoms with Gasteiger partial charge < -0.3 is 0 Å². The van der Waals surface area contributed by atoms with Gasteiger partial charge in [0.15, 0.2) is 0 Å². The van der Waals surface area contributed by atoms with Crippen LogP contribution in [0.1, 0.15) is 122 Å². The summed E-state index contributed by atoms with van der Waals surface area (Å²) in [5.41, 5.74) is 14.6. The number of thioether (sulfide) groups is 1. The number of hydrogen-bond donors (Lipinski definition) is 0. The first kappa shape index (κ1) is 36.9. The Morgan fingerprint density at radius 1 is 0.558 bits per heavy atom. The maximum absolute atomic E-state index is 2.39. The molecular weight excluding hydrogens is 537 g/mol. The summed E-state index contributed by atoms with van der Waals surface area (Å²) in [6.45, 7) is 27.4. The molecule has 0 bridgehead atoms. The van der Waals surface area contributed by atoms with E-state index < -0.39 is 0 Å². The first-order chi connectivity index (χ1) is 20.1. The topological polar surface area (TPSA) is 0 Å². The molecule has 0 aliphatic heterocycles. The lowest BCUT2D eigenvalue weighted by Gasteiger charge is -2.33. The zero-order chi connectivity index (χ0) is 32.2. The second kappa shape index (κ2) is 17.3. The average molecular weight is 599 g/mol. The molecule has 0 radical (unpaired) electrons. The van der Waals surface area contributed by atoms with Gasteiger partial charge in [-0.1, -0.05) is 133 Å². The molecule has 0 unspecified atom stereocenters. The Balaban J connectivity index is 1.87. The third kappa shape index (κ3) is 13.1. The fraction of sp³-hybridized carbons (Fsp3) is 0.524. The van der Waals surface area contributed by atoms with Crippen molar-refractivity contribution in [2.75, 3.05) is 11.5 Å². The van der Waals surface area contributed by atoms with Crippen LogP contribution < -0.4 is 0 Å². The van der Waals surface area contributed by atoms with E-state index in [9.17, 15) is 0 Å². The van der Waals surface area contributed by atoms with Crippen LogP contribution in [0.5, 0.6) is 0 Å². The highest BCUT2D eigenvalue weighted by molar-refractivity contribution is 7.99.